The summed E-state index contributed by atoms with van der Waals surface area (Å²) < 4.78 is 1.62. The summed E-state index contributed by atoms with van der Waals surface area (Å²) in [4.78, 5) is 28.0. The summed E-state index contributed by atoms with van der Waals surface area (Å²) in [5, 5.41) is 16.7. The smallest absolute Gasteiger partial charge is 0.311 e. The van der Waals surface area contributed by atoms with Gasteiger partial charge in [0.05, 0.1) is 16.1 Å². The first-order valence-corrected chi connectivity index (χ1v) is 8.61. The number of nitrogens with one attached hydrogen (secondary N) is 1. The number of para-hydroxylation sites is 1. The van der Waals surface area contributed by atoms with E-state index in [2.05, 4.69) is 15.4 Å². The maximum atomic E-state index is 12.4. The highest BCUT2D eigenvalue weighted by Crippen LogP contribution is 2.45. The van der Waals surface area contributed by atoms with Crippen molar-refractivity contribution in [1.29, 1.82) is 0 Å². The van der Waals surface area contributed by atoms with Crippen LogP contribution in [-0.2, 0) is 4.79 Å². The van der Waals surface area contributed by atoms with Gasteiger partial charge in [-0.2, -0.15) is 0 Å². The summed E-state index contributed by atoms with van der Waals surface area (Å²) in [6.45, 7) is 0.0978. The van der Waals surface area contributed by atoms with Crippen molar-refractivity contribution in [2.24, 2.45) is 5.41 Å². The van der Waals surface area contributed by atoms with Gasteiger partial charge in [-0.15, -0.1) is 5.10 Å². The molecule has 2 fully saturated rings. The van der Waals surface area contributed by atoms with Crippen molar-refractivity contribution in [2.75, 3.05) is 6.54 Å². The number of carboxylic acid groups (broad SMARTS) is 1. The average Bonchev–Trinajstić information content (AvgIpc) is 3.51. The molecule has 4 rings (SSSR count). The van der Waals surface area contributed by atoms with E-state index in [0.29, 0.717) is 23.6 Å². The maximum absolute atomic E-state index is 12.4. The van der Waals surface area contributed by atoms with Crippen LogP contribution in [0.4, 0.5) is 0 Å². The lowest BCUT2D eigenvalue weighted by atomic mass is 10.1. The van der Waals surface area contributed by atoms with E-state index in [4.69, 9.17) is 11.6 Å². The van der Waals surface area contributed by atoms with Crippen molar-refractivity contribution in [3.8, 4) is 5.69 Å². The van der Waals surface area contributed by atoms with Gasteiger partial charge >= 0.3 is 5.97 Å². The quantitative estimate of drug-likeness (QED) is 0.824. The van der Waals surface area contributed by atoms with E-state index in [0.717, 1.165) is 18.7 Å². The SMILES string of the molecule is O=C(NCC1(C(=O)O)CC1)c1nc(C2CC2)n(-c2ccccc2Cl)n1. The monoisotopic (exact) mass is 360 g/mol. The van der Waals surface area contributed by atoms with E-state index >= 15 is 0 Å². The number of carbonyl (C=O) groups is 2. The van der Waals surface area contributed by atoms with Crippen LogP contribution in [-0.4, -0.2) is 38.3 Å². The highest BCUT2D eigenvalue weighted by molar-refractivity contribution is 6.32. The van der Waals surface area contributed by atoms with E-state index < -0.39 is 17.3 Å². The molecule has 2 aromatic rings. The van der Waals surface area contributed by atoms with Crippen LogP contribution in [0.1, 0.15) is 48.0 Å². The second-order valence-electron chi connectivity index (χ2n) is 6.70. The second kappa shape index (κ2) is 5.84. The minimum Gasteiger partial charge on any atom is -0.481 e. The Morgan fingerprint density at radius 3 is 2.64 bits per heavy atom. The molecule has 2 aliphatic rings. The third-order valence-electron chi connectivity index (χ3n) is 4.75. The molecule has 0 saturated heterocycles. The molecule has 25 heavy (non-hydrogen) atoms. The summed E-state index contributed by atoms with van der Waals surface area (Å²) >= 11 is 6.25. The molecule has 1 aromatic carbocycles. The lowest BCUT2D eigenvalue weighted by molar-refractivity contribution is -0.143. The van der Waals surface area contributed by atoms with Crippen LogP contribution in [0.15, 0.2) is 24.3 Å². The van der Waals surface area contributed by atoms with Crippen LogP contribution in [0.25, 0.3) is 5.69 Å². The molecule has 2 aliphatic carbocycles. The molecule has 0 aliphatic heterocycles. The predicted octanol–water partition coefficient (Wildman–Crippen LogP) is 2.39. The second-order valence-corrected chi connectivity index (χ2v) is 7.11. The van der Waals surface area contributed by atoms with Gasteiger partial charge in [-0.1, -0.05) is 23.7 Å². The molecule has 2 saturated carbocycles. The van der Waals surface area contributed by atoms with Gasteiger partial charge in [0.25, 0.3) is 5.91 Å². The molecule has 8 heteroatoms. The molecule has 1 amide bonds. The summed E-state index contributed by atoms with van der Waals surface area (Å²) in [6, 6.07) is 7.27. The minimum absolute atomic E-state index is 0.0445. The highest BCUT2D eigenvalue weighted by Gasteiger charge is 2.50. The van der Waals surface area contributed by atoms with Gasteiger partial charge in [-0.05, 0) is 37.8 Å². The zero-order chi connectivity index (χ0) is 17.6. The van der Waals surface area contributed by atoms with Crippen molar-refractivity contribution in [1.82, 2.24) is 20.1 Å². The number of carboxylic acids is 1. The molecule has 0 atom stereocenters. The van der Waals surface area contributed by atoms with Crippen LogP contribution in [0.2, 0.25) is 5.02 Å². The normalized spacial score (nSPS) is 18.0. The van der Waals surface area contributed by atoms with Gasteiger partial charge in [-0.3, -0.25) is 9.59 Å². The topological polar surface area (TPSA) is 97.1 Å². The third-order valence-corrected chi connectivity index (χ3v) is 5.07. The number of amides is 1. The molecule has 1 heterocycles. The Bertz CT molecular complexity index is 855. The first kappa shape index (κ1) is 16.1. The number of rotatable bonds is 6. The average molecular weight is 361 g/mol. The molecular weight excluding hydrogens is 344 g/mol. The van der Waals surface area contributed by atoms with E-state index in [1.165, 1.54) is 0 Å². The van der Waals surface area contributed by atoms with Gasteiger partial charge in [0.2, 0.25) is 5.82 Å². The summed E-state index contributed by atoms with van der Waals surface area (Å²) in [5.74, 6) is -0.291. The lowest BCUT2D eigenvalue weighted by Gasteiger charge is -2.09. The molecule has 7 nitrogen and oxygen atoms in total. The van der Waals surface area contributed by atoms with Crippen LogP contribution in [0.3, 0.4) is 0 Å². The number of aliphatic carboxylic acids is 1. The Labute approximate surface area is 149 Å². The Hall–Kier alpha value is -2.41. The fourth-order valence-electron chi connectivity index (χ4n) is 2.77. The van der Waals surface area contributed by atoms with Crippen LogP contribution in [0, 0.1) is 5.41 Å². The van der Waals surface area contributed by atoms with Gasteiger partial charge in [0.1, 0.15) is 5.82 Å². The number of benzene rings is 1. The van der Waals surface area contributed by atoms with Crippen molar-refractivity contribution in [2.45, 2.75) is 31.6 Å². The van der Waals surface area contributed by atoms with Gasteiger partial charge in [-0.25, -0.2) is 9.67 Å². The fourth-order valence-corrected chi connectivity index (χ4v) is 2.99. The van der Waals surface area contributed by atoms with Crippen LogP contribution in [0.5, 0.6) is 0 Å². The zero-order valence-electron chi connectivity index (χ0n) is 13.4. The van der Waals surface area contributed by atoms with Gasteiger partial charge in [0.15, 0.2) is 0 Å². The highest BCUT2D eigenvalue weighted by atomic mass is 35.5. The predicted molar refractivity (Wildman–Crippen MR) is 90.0 cm³/mol. The largest absolute Gasteiger partial charge is 0.481 e. The zero-order valence-corrected chi connectivity index (χ0v) is 14.2. The Morgan fingerprint density at radius 1 is 1.32 bits per heavy atom. The van der Waals surface area contributed by atoms with Crippen LogP contribution >= 0.6 is 11.6 Å². The fraction of sp³-hybridized carbons (Fsp3) is 0.412. The molecule has 1 aromatic heterocycles. The molecule has 0 spiro atoms. The minimum atomic E-state index is -0.874. The van der Waals surface area contributed by atoms with Crippen LogP contribution < -0.4 is 5.32 Å². The Balaban J connectivity index is 1.59. The van der Waals surface area contributed by atoms with Crippen molar-refractivity contribution in [3.63, 3.8) is 0 Å². The van der Waals surface area contributed by atoms with Gasteiger partial charge in [0, 0.05) is 12.5 Å². The summed E-state index contributed by atoms with van der Waals surface area (Å²) in [6.07, 6.45) is 3.17. The Morgan fingerprint density at radius 2 is 2.04 bits per heavy atom. The lowest BCUT2D eigenvalue weighted by Crippen LogP contribution is -2.34. The Kier molecular flexibility index (Phi) is 3.76. The van der Waals surface area contributed by atoms with Crippen molar-refractivity contribution in [3.05, 3.63) is 40.9 Å². The number of hydrogen-bond donors (Lipinski definition) is 2. The van der Waals surface area contributed by atoms with Gasteiger partial charge < -0.3 is 10.4 Å². The standard InChI is InChI=1S/C17H17ClN4O3/c18-11-3-1-2-4-12(11)22-14(10-5-6-10)20-13(21-22)15(23)19-9-17(7-8-17)16(24)25/h1-4,10H,5-9H2,(H,19,23)(H,24,25). The molecule has 0 unspecified atom stereocenters. The number of aromatic nitrogens is 3. The number of halogens is 1. The van der Waals surface area contributed by atoms with E-state index in [-0.39, 0.29) is 18.3 Å². The first-order valence-electron chi connectivity index (χ1n) is 8.24. The maximum Gasteiger partial charge on any atom is 0.311 e. The number of nitrogens with zero attached hydrogens (tertiary/aromatic N) is 3. The molecular formula is C17H17ClN4O3. The molecule has 2 N–H and O–H groups in total. The third kappa shape index (κ3) is 3.00. The van der Waals surface area contributed by atoms with Crippen molar-refractivity contribution < 1.29 is 14.7 Å². The number of carbonyl (C=O) groups excluding carboxylic acids is 1. The van der Waals surface area contributed by atoms with Crippen molar-refractivity contribution >= 4 is 23.5 Å². The molecule has 0 bridgehead atoms. The first-order chi connectivity index (χ1) is 12.0. The summed E-state index contributed by atoms with van der Waals surface area (Å²) in [5.41, 5.74) is -0.137. The number of hydrogen-bond acceptors (Lipinski definition) is 4. The molecule has 130 valence electrons. The van der Waals surface area contributed by atoms with E-state index in [9.17, 15) is 14.7 Å². The van der Waals surface area contributed by atoms with E-state index in [1.807, 2.05) is 18.2 Å². The van der Waals surface area contributed by atoms with E-state index in [1.54, 1.807) is 10.7 Å². The summed E-state index contributed by atoms with van der Waals surface area (Å²) in [7, 11) is 0. The molecule has 0 radical (unpaired) electrons.